The number of ether oxygens (including phenoxy) is 1. The summed E-state index contributed by atoms with van der Waals surface area (Å²) in [5.74, 6) is -0.568. The molecule has 1 aliphatic heterocycles. The number of rotatable bonds is 4. The van der Waals surface area contributed by atoms with E-state index in [1.165, 1.54) is 7.11 Å². The van der Waals surface area contributed by atoms with Crippen molar-refractivity contribution in [3.8, 4) is 0 Å². The summed E-state index contributed by atoms with van der Waals surface area (Å²) in [4.78, 5) is 24.1. The maximum Gasteiger partial charge on any atom is 0.250 e. The Morgan fingerprint density at radius 2 is 2.04 bits per heavy atom. The van der Waals surface area contributed by atoms with Gasteiger partial charge >= 0.3 is 0 Å². The topological polar surface area (TPSA) is 67.4 Å². The van der Waals surface area contributed by atoms with Crippen LogP contribution in [0.3, 0.4) is 0 Å². The van der Waals surface area contributed by atoms with Crippen molar-refractivity contribution in [1.29, 1.82) is 0 Å². The summed E-state index contributed by atoms with van der Waals surface area (Å²) in [6, 6.07) is 9.14. The van der Waals surface area contributed by atoms with Crippen LogP contribution in [0.4, 0.5) is 11.4 Å². The van der Waals surface area contributed by atoms with Gasteiger partial charge in [0.1, 0.15) is 6.61 Å². The second kappa shape index (κ2) is 7.66. The first-order valence-electron chi connectivity index (χ1n) is 8.08. The molecule has 26 heavy (non-hydrogen) atoms. The summed E-state index contributed by atoms with van der Waals surface area (Å²) in [5.41, 5.74) is 3.85. The Kier molecular flexibility index (Phi) is 5.51. The number of fused-ring (bicyclic) bond motifs is 1. The first-order valence-corrected chi connectivity index (χ1v) is 8.84. The van der Waals surface area contributed by atoms with Crippen LogP contribution in [0.25, 0.3) is 0 Å². The van der Waals surface area contributed by atoms with Crippen molar-refractivity contribution in [2.75, 3.05) is 24.4 Å². The van der Waals surface area contributed by atoms with Crippen molar-refractivity contribution >= 4 is 46.4 Å². The maximum absolute atomic E-state index is 12.3. The number of benzene rings is 2. The molecule has 2 N–H and O–H groups in total. The van der Waals surface area contributed by atoms with Crippen LogP contribution in [0.15, 0.2) is 30.3 Å². The molecular formula is C19H18Cl2N2O3. The SMILES string of the molecule is COCC(=O)Nc1ccc2c(c1C)NC(=O)C[C@H]2c1cccc(Cl)c1Cl. The molecule has 1 atom stereocenters. The van der Waals surface area contributed by atoms with Crippen molar-refractivity contribution in [3.63, 3.8) is 0 Å². The molecular weight excluding hydrogens is 375 g/mol. The standard InChI is InChI=1S/C19H18Cl2N2O3/c1-10-15(22-17(25)9-26-2)7-6-12-13(8-16(24)23-19(10)12)11-4-3-5-14(20)18(11)21/h3-7,13H,8-9H2,1-2H3,(H,22,25)(H,23,24)/t13-/m0/s1. The van der Waals surface area contributed by atoms with Crippen LogP contribution < -0.4 is 10.6 Å². The highest BCUT2D eigenvalue weighted by molar-refractivity contribution is 6.42. The molecule has 1 aliphatic rings. The molecule has 2 amide bonds. The number of methoxy groups -OCH3 is 1. The Bertz CT molecular complexity index is 883. The largest absolute Gasteiger partial charge is 0.375 e. The number of carbonyl (C=O) groups excluding carboxylic acids is 2. The molecule has 7 heteroatoms. The number of hydrogen-bond acceptors (Lipinski definition) is 3. The van der Waals surface area contributed by atoms with Gasteiger partial charge in [0, 0.05) is 30.8 Å². The van der Waals surface area contributed by atoms with Gasteiger partial charge in [0.2, 0.25) is 11.8 Å². The van der Waals surface area contributed by atoms with Gasteiger partial charge in [-0.2, -0.15) is 0 Å². The third-order valence-electron chi connectivity index (χ3n) is 4.43. The smallest absolute Gasteiger partial charge is 0.250 e. The maximum atomic E-state index is 12.3. The van der Waals surface area contributed by atoms with Gasteiger partial charge in [-0.05, 0) is 35.7 Å². The molecule has 2 aromatic rings. The van der Waals surface area contributed by atoms with Gasteiger partial charge in [0.15, 0.2) is 0 Å². The van der Waals surface area contributed by atoms with Crippen molar-refractivity contribution in [3.05, 3.63) is 57.1 Å². The summed E-state index contributed by atoms with van der Waals surface area (Å²) in [5, 5.41) is 6.61. The van der Waals surface area contributed by atoms with E-state index in [0.29, 0.717) is 21.4 Å². The highest BCUT2D eigenvalue weighted by atomic mass is 35.5. The lowest BCUT2D eigenvalue weighted by molar-refractivity contribution is -0.119. The minimum atomic E-state index is -0.257. The Balaban J connectivity index is 2.04. The summed E-state index contributed by atoms with van der Waals surface area (Å²) < 4.78 is 4.84. The molecule has 0 saturated carbocycles. The van der Waals surface area contributed by atoms with E-state index in [9.17, 15) is 9.59 Å². The zero-order chi connectivity index (χ0) is 18.8. The Hall–Kier alpha value is -2.08. The lowest BCUT2D eigenvalue weighted by Crippen LogP contribution is -2.25. The summed E-state index contributed by atoms with van der Waals surface area (Å²) in [7, 11) is 1.46. The normalized spacial score (nSPS) is 16.0. The van der Waals surface area contributed by atoms with Crippen molar-refractivity contribution in [2.24, 2.45) is 0 Å². The first kappa shape index (κ1) is 18.7. The predicted octanol–water partition coefficient (Wildman–Crippen LogP) is 4.36. The minimum absolute atomic E-state index is 0.0381. The van der Waals surface area contributed by atoms with E-state index >= 15 is 0 Å². The van der Waals surface area contributed by atoms with Crippen LogP contribution in [0.5, 0.6) is 0 Å². The summed E-state index contributed by atoms with van der Waals surface area (Å²) >= 11 is 12.5. The average Bonchev–Trinajstić information content (AvgIpc) is 2.60. The number of nitrogens with one attached hydrogen (secondary N) is 2. The number of hydrogen-bond donors (Lipinski definition) is 2. The van der Waals surface area contributed by atoms with Crippen LogP contribution in [0.1, 0.15) is 29.0 Å². The zero-order valence-corrected chi connectivity index (χ0v) is 15.9. The zero-order valence-electron chi connectivity index (χ0n) is 14.4. The predicted molar refractivity (Wildman–Crippen MR) is 103 cm³/mol. The van der Waals surface area contributed by atoms with Gasteiger partial charge in [-0.15, -0.1) is 0 Å². The van der Waals surface area contributed by atoms with Crippen LogP contribution in [0.2, 0.25) is 10.0 Å². The van der Waals surface area contributed by atoms with Crippen LogP contribution in [-0.2, 0) is 14.3 Å². The fraction of sp³-hybridized carbons (Fsp3) is 0.263. The van der Waals surface area contributed by atoms with E-state index in [4.69, 9.17) is 27.9 Å². The van der Waals surface area contributed by atoms with Crippen LogP contribution >= 0.6 is 23.2 Å². The Labute approximate surface area is 161 Å². The van der Waals surface area contributed by atoms with Gasteiger partial charge in [-0.1, -0.05) is 41.4 Å². The summed E-state index contributed by atoms with van der Waals surface area (Å²) in [6.07, 6.45) is 0.280. The van der Waals surface area contributed by atoms with Crippen molar-refractivity contribution < 1.29 is 14.3 Å². The van der Waals surface area contributed by atoms with E-state index in [0.717, 1.165) is 16.7 Å². The van der Waals surface area contributed by atoms with Crippen LogP contribution in [-0.4, -0.2) is 25.5 Å². The fourth-order valence-corrected chi connectivity index (χ4v) is 3.63. The van der Waals surface area contributed by atoms with Gasteiger partial charge in [-0.25, -0.2) is 0 Å². The molecule has 0 fully saturated rings. The van der Waals surface area contributed by atoms with Gasteiger partial charge < -0.3 is 15.4 Å². The van der Waals surface area contributed by atoms with Gasteiger partial charge in [0.05, 0.1) is 10.0 Å². The minimum Gasteiger partial charge on any atom is -0.375 e. The molecule has 0 radical (unpaired) electrons. The molecule has 1 heterocycles. The van der Waals surface area contributed by atoms with Gasteiger partial charge in [0.25, 0.3) is 0 Å². The van der Waals surface area contributed by atoms with E-state index in [1.807, 2.05) is 31.2 Å². The lowest BCUT2D eigenvalue weighted by atomic mass is 9.83. The molecule has 136 valence electrons. The van der Waals surface area contributed by atoms with Crippen LogP contribution in [0, 0.1) is 6.92 Å². The highest BCUT2D eigenvalue weighted by Crippen LogP contribution is 2.44. The molecule has 0 aliphatic carbocycles. The molecule has 2 aromatic carbocycles. The quantitative estimate of drug-likeness (QED) is 0.811. The molecule has 0 unspecified atom stereocenters. The molecule has 0 spiro atoms. The molecule has 3 rings (SSSR count). The molecule has 0 saturated heterocycles. The van der Waals surface area contributed by atoms with Gasteiger partial charge in [-0.3, -0.25) is 9.59 Å². The second-order valence-corrected chi connectivity index (χ2v) is 6.92. The fourth-order valence-electron chi connectivity index (χ4n) is 3.19. The third-order valence-corrected chi connectivity index (χ3v) is 5.27. The highest BCUT2D eigenvalue weighted by Gasteiger charge is 2.30. The monoisotopic (exact) mass is 392 g/mol. The molecule has 0 aromatic heterocycles. The molecule has 5 nitrogen and oxygen atoms in total. The number of anilines is 2. The average molecular weight is 393 g/mol. The number of amides is 2. The molecule has 0 bridgehead atoms. The third kappa shape index (κ3) is 3.56. The second-order valence-electron chi connectivity index (χ2n) is 6.13. The van der Waals surface area contributed by atoms with Crippen molar-refractivity contribution in [1.82, 2.24) is 0 Å². The number of halogens is 2. The number of carbonyl (C=O) groups is 2. The van der Waals surface area contributed by atoms with E-state index < -0.39 is 0 Å². The lowest BCUT2D eigenvalue weighted by Gasteiger charge is -2.29. The Morgan fingerprint density at radius 1 is 1.27 bits per heavy atom. The van der Waals surface area contributed by atoms with E-state index in [-0.39, 0.29) is 30.8 Å². The summed E-state index contributed by atoms with van der Waals surface area (Å²) in [6.45, 7) is 1.81. The van der Waals surface area contributed by atoms with Crippen molar-refractivity contribution in [2.45, 2.75) is 19.3 Å². The van der Waals surface area contributed by atoms with E-state index in [1.54, 1.807) is 6.07 Å². The Morgan fingerprint density at radius 3 is 2.77 bits per heavy atom. The first-order chi connectivity index (χ1) is 12.4. The van der Waals surface area contributed by atoms with E-state index in [2.05, 4.69) is 10.6 Å².